The van der Waals surface area contributed by atoms with Gasteiger partial charge in [-0.05, 0) is 24.5 Å². The number of likely N-dealkylation sites (tertiary alicyclic amines) is 1. The Hall–Kier alpha value is -2.46. The molecule has 168 valence electrons. The third-order valence-corrected chi connectivity index (χ3v) is 6.04. The molecule has 2 aliphatic heterocycles. The molecule has 3 N–H and O–H groups in total. The summed E-state index contributed by atoms with van der Waals surface area (Å²) in [4.78, 5) is 24.7. The van der Waals surface area contributed by atoms with Crippen LogP contribution in [0, 0.1) is 5.92 Å². The van der Waals surface area contributed by atoms with Crippen molar-refractivity contribution in [3.8, 4) is 0 Å². The van der Waals surface area contributed by atoms with Gasteiger partial charge in [0.2, 0.25) is 5.91 Å². The van der Waals surface area contributed by atoms with Gasteiger partial charge in [-0.3, -0.25) is 19.7 Å². The van der Waals surface area contributed by atoms with Crippen LogP contribution in [0.2, 0.25) is 0 Å². The van der Waals surface area contributed by atoms with Crippen LogP contribution in [-0.4, -0.2) is 58.7 Å². The largest absolute Gasteiger partial charge is 0.418 e. The number of aromatic nitrogens is 2. The first-order valence-electron chi connectivity index (χ1n) is 10.6. The lowest BCUT2D eigenvalue weighted by molar-refractivity contribution is -0.136. The zero-order valence-corrected chi connectivity index (χ0v) is 17.6. The summed E-state index contributed by atoms with van der Waals surface area (Å²) in [7, 11) is 0. The average Bonchev–Trinajstić information content (AvgIpc) is 2.69. The van der Waals surface area contributed by atoms with Crippen LogP contribution in [0.25, 0.3) is 11.0 Å². The predicted octanol–water partition coefficient (Wildman–Crippen LogP) is 2.36. The van der Waals surface area contributed by atoms with E-state index in [1.54, 1.807) is 6.92 Å². The van der Waals surface area contributed by atoms with Crippen molar-refractivity contribution in [1.82, 2.24) is 20.2 Å². The Morgan fingerprint density at radius 3 is 2.48 bits per heavy atom. The maximum atomic E-state index is 13.6. The summed E-state index contributed by atoms with van der Waals surface area (Å²) < 4.78 is 40.7. The number of carbonyl (C=O) groups excluding carboxylic acids is 1. The highest BCUT2D eigenvalue weighted by Gasteiger charge is 2.44. The van der Waals surface area contributed by atoms with E-state index in [0.717, 1.165) is 12.5 Å². The van der Waals surface area contributed by atoms with Crippen molar-refractivity contribution >= 4 is 22.6 Å². The fraction of sp³-hybridized carbons (Fsp3) is 0.571. The Labute approximate surface area is 178 Å². The first-order valence-corrected chi connectivity index (χ1v) is 10.6. The van der Waals surface area contributed by atoms with Crippen molar-refractivity contribution in [3.63, 3.8) is 0 Å². The molecule has 2 aromatic rings. The molecule has 2 saturated heterocycles. The zero-order valence-electron chi connectivity index (χ0n) is 17.6. The Morgan fingerprint density at radius 2 is 1.87 bits per heavy atom. The molecular formula is C21H27F3N6O. The molecule has 3 atom stereocenters. The number of anilines is 1. The van der Waals surface area contributed by atoms with Gasteiger partial charge in [0.05, 0.1) is 17.3 Å². The van der Waals surface area contributed by atoms with Crippen molar-refractivity contribution in [3.05, 3.63) is 30.1 Å². The normalized spacial score (nSPS) is 25.5. The van der Waals surface area contributed by atoms with E-state index < -0.39 is 11.7 Å². The highest BCUT2D eigenvalue weighted by Crippen LogP contribution is 2.39. The van der Waals surface area contributed by atoms with Gasteiger partial charge in [0.1, 0.15) is 17.2 Å². The summed E-state index contributed by atoms with van der Waals surface area (Å²) in [6.45, 7) is 5.84. The molecule has 0 bridgehead atoms. The van der Waals surface area contributed by atoms with Crippen LogP contribution in [0.1, 0.15) is 32.3 Å². The number of nitrogens with zero attached hydrogens (tertiary/aromatic N) is 4. The number of benzene rings is 1. The fourth-order valence-electron chi connectivity index (χ4n) is 4.69. The topological polar surface area (TPSA) is 87.4 Å². The minimum absolute atomic E-state index is 0.0490. The van der Waals surface area contributed by atoms with Crippen molar-refractivity contribution in [1.29, 1.82) is 0 Å². The maximum absolute atomic E-state index is 13.6. The number of piperidine rings is 1. The molecule has 0 aliphatic carbocycles. The van der Waals surface area contributed by atoms with Crippen molar-refractivity contribution < 1.29 is 18.0 Å². The van der Waals surface area contributed by atoms with E-state index in [2.05, 4.69) is 32.0 Å². The van der Waals surface area contributed by atoms with E-state index in [9.17, 15) is 18.0 Å². The molecule has 3 heterocycles. The minimum atomic E-state index is -4.52. The first-order chi connectivity index (χ1) is 14.7. The van der Waals surface area contributed by atoms with Crippen molar-refractivity contribution in [2.75, 3.05) is 24.5 Å². The fourth-order valence-corrected chi connectivity index (χ4v) is 4.69. The molecule has 0 spiro atoms. The van der Waals surface area contributed by atoms with Gasteiger partial charge in [-0.1, -0.05) is 13.8 Å². The summed E-state index contributed by atoms with van der Waals surface area (Å²) >= 11 is 0. The molecular weight excluding hydrogens is 409 g/mol. The molecule has 7 nitrogen and oxygen atoms in total. The van der Waals surface area contributed by atoms with E-state index in [1.165, 1.54) is 18.5 Å². The first kappa shape index (κ1) is 21.8. The summed E-state index contributed by atoms with van der Waals surface area (Å²) in [6.07, 6.45) is -0.910. The van der Waals surface area contributed by atoms with Crippen LogP contribution >= 0.6 is 0 Å². The Morgan fingerprint density at radius 1 is 1.19 bits per heavy atom. The molecule has 0 unspecified atom stereocenters. The number of halogens is 3. The number of amides is 1. The smallest absolute Gasteiger partial charge is 0.352 e. The molecule has 10 heteroatoms. The highest BCUT2D eigenvalue weighted by atomic mass is 19.4. The second-order valence-corrected chi connectivity index (χ2v) is 8.53. The van der Waals surface area contributed by atoms with Crippen LogP contribution in [0.5, 0.6) is 0 Å². The number of alkyl halides is 3. The lowest BCUT2D eigenvalue weighted by atomic mass is 9.89. The van der Waals surface area contributed by atoms with Gasteiger partial charge in [-0.2, -0.15) is 13.2 Å². The zero-order chi connectivity index (χ0) is 22.3. The average molecular weight is 436 g/mol. The van der Waals surface area contributed by atoms with Crippen LogP contribution < -0.4 is 16.0 Å². The van der Waals surface area contributed by atoms with E-state index in [-0.39, 0.29) is 41.1 Å². The standard InChI is InChI=1S/C21H27F3N6O/c1-3-17(31)28-15-8-12(2)9-30(20(15)29-10-13(25)11-29)16-5-4-14(21(22,23)24)18-19(16)27-7-6-26-18/h4-7,12-13,15,20H,3,8-11,25H2,1-2H3,(H,28,31)/t12-,15+,20+/m0/s1. The van der Waals surface area contributed by atoms with Crippen LogP contribution in [0.3, 0.4) is 0 Å². The van der Waals surface area contributed by atoms with Gasteiger partial charge < -0.3 is 16.0 Å². The number of rotatable bonds is 4. The van der Waals surface area contributed by atoms with Gasteiger partial charge in [-0.25, -0.2) is 0 Å². The second-order valence-electron chi connectivity index (χ2n) is 8.53. The van der Waals surface area contributed by atoms with Crippen LogP contribution in [-0.2, 0) is 11.0 Å². The molecule has 0 saturated carbocycles. The lowest BCUT2D eigenvalue weighted by Gasteiger charge is -2.54. The van der Waals surface area contributed by atoms with E-state index in [4.69, 9.17) is 5.73 Å². The monoisotopic (exact) mass is 436 g/mol. The number of fused-ring (bicyclic) bond motifs is 1. The van der Waals surface area contributed by atoms with Gasteiger partial charge >= 0.3 is 6.18 Å². The number of hydrogen-bond acceptors (Lipinski definition) is 6. The minimum Gasteiger partial charge on any atom is -0.352 e. The quantitative estimate of drug-likeness (QED) is 0.765. The third-order valence-electron chi connectivity index (χ3n) is 6.04. The van der Waals surface area contributed by atoms with E-state index in [1.807, 2.05) is 0 Å². The lowest BCUT2D eigenvalue weighted by Crippen LogP contribution is -2.71. The Kier molecular flexibility index (Phi) is 5.78. The maximum Gasteiger partial charge on any atom is 0.418 e. The number of nitrogens with two attached hydrogens (primary N) is 1. The second kappa shape index (κ2) is 8.23. The number of hydrogen-bond donors (Lipinski definition) is 2. The molecule has 31 heavy (non-hydrogen) atoms. The van der Waals surface area contributed by atoms with Crippen molar-refractivity contribution in [2.45, 2.75) is 51.1 Å². The van der Waals surface area contributed by atoms with Gasteiger partial charge in [-0.15, -0.1) is 0 Å². The van der Waals surface area contributed by atoms with Gasteiger partial charge in [0, 0.05) is 44.5 Å². The summed E-state index contributed by atoms with van der Waals surface area (Å²) in [6, 6.07) is 2.43. The molecule has 2 aliphatic rings. The number of nitrogens with one attached hydrogen (secondary N) is 1. The molecule has 0 radical (unpaired) electrons. The molecule has 1 amide bonds. The van der Waals surface area contributed by atoms with Gasteiger partial charge in [0.15, 0.2) is 0 Å². The van der Waals surface area contributed by atoms with Crippen LogP contribution in [0.4, 0.5) is 18.9 Å². The van der Waals surface area contributed by atoms with E-state index >= 15 is 0 Å². The predicted molar refractivity (Wildman–Crippen MR) is 111 cm³/mol. The van der Waals surface area contributed by atoms with E-state index in [0.29, 0.717) is 31.7 Å². The van der Waals surface area contributed by atoms with Crippen LogP contribution in [0.15, 0.2) is 24.5 Å². The molecule has 2 fully saturated rings. The SMILES string of the molecule is CCC(=O)N[C@@H]1C[C@H](C)CN(c2ccc(C(F)(F)F)c3nccnc23)[C@H]1N1CC(N)C1. The highest BCUT2D eigenvalue weighted by molar-refractivity contribution is 5.91. The third kappa shape index (κ3) is 4.18. The summed E-state index contributed by atoms with van der Waals surface area (Å²) in [5.74, 6) is 0.174. The summed E-state index contributed by atoms with van der Waals surface area (Å²) in [5, 5.41) is 3.12. The molecule has 4 rings (SSSR count). The molecule has 1 aromatic heterocycles. The Balaban J connectivity index is 1.80. The number of carbonyl (C=O) groups is 1. The molecule has 1 aromatic carbocycles. The summed E-state index contributed by atoms with van der Waals surface area (Å²) in [5.41, 5.74) is 5.85. The Bertz CT molecular complexity index is 962. The van der Waals surface area contributed by atoms with Gasteiger partial charge in [0.25, 0.3) is 0 Å². The van der Waals surface area contributed by atoms with Crippen molar-refractivity contribution in [2.24, 2.45) is 11.7 Å².